The maximum Gasteiger partial charge on any atom is 0.196 e. The van der Waals surface area contributed by atoms with Gasteiger partial charge in [0, 0.05) is 0 Å². The number of benzene rings is 1. The van der Waals surface area contributed by atoms with E-state index in [-0.39, 0.29) is 4.90 Å². The molecule has 1 rings (SSSR count). The number of sulfone groups is 1. The molecular weight excluding hydrogens is 217 g/mol. The molecule has 0 atom stereocenters. The molecule has 1 aromatic carbocycles. The summed E-state index contributed by atoms with van der Waals surface area (Å²) in [5.41, 5.74) is 0. The first kappa shape index (κ1) is 11.7. The summed E-state index contributed by atoms with van der Waals surface area (Å²) in [6.45, 7) is 2.62. The van der Waals surface area contributed by atoms with Crippen LogP contribution in [0, 0.1) is 17.1 Å². The van der Waals surface area contributed by atoms with Crippen LogP contribution < -0.4 is 0 Å². The van der Waals surface area contributed by atoms with Crippen LogP contribution in [0.4, 0.5) is 4.39 Å². The molecule has 0 N–H and O–H groups in total. The Labute approximate surface area is 88.1 Å². The predicted molar refractivity (Wildman–Crippen MR) is 53.3 cm³/mol. The van der Waals surface area contributed by atoms with Gasteiger partial charge in [0.25, 0.3) is 0 Å². The van der Waals surface area contributed by atoms with Crippen molar-refractivity contribution >= 4 is 9.84 Å². The third-order valence-electron chi connectivity index (χ3n) is 2.07. The minimum Gasteiger partial charge on any atom is -0.222 e. The van der Waals surface area contributed by atoms with Gasteiger partial charge in [-0.3, -0.25) is 0 Å². The highest BCUT2D eigenvalue weighted by Gasteiger charge is 2.35. The fourth-order valence-electron chi connectivity index (χ4n) is 0.968. The third-order valence-corrected chi connectivity index (χ3v) is 4.39. The first-order chi connectivity index (χ1) is 6.81. The lowest BCUT2D eigenvalue weighted by molar-refractivity contribution is 0.573. The Morgan fingerprint density at radius 3 is 2.13 bits per heavy atom. The summed E-state index contributed by atoms with van der Waals surface area (Å²) < 4.78 is 34.8. The molecule has 0 unspecified atom stereocenters. The molecule has 0 saturated carbocycles. The lowest BCUT2D eigenvalue weighted by Crippen LogP contribution is -2.29. The van der Waals surface area contributed by atoms with Crippen molar-refractivity contribution in [3.63, 3.8) is 0 Å². The van der Waals surface area contributed by atoms with Crippen LogP contribution in [0.2, 0.25) is 0 Å². The van der Waals surface area contributed by atoms with E-state index in [4.69, 9.17) is 5.26 Å². The highest BCUT2D eigenvalue weighted by atomic mass is 32.2. The lowest BCUT2D eigenvalue weighted by Gasteiger charge is -2.15. The molecule has 0 aliphatic rings. The molecule has 0 bridgehead atoms. The van der Waals surface area contributed by atoms with E-state index in [1.54, 1.807) is 6.07 Å². The van der Waals surface area contributed by atoms with E-state index in [1.165, 1.54) is 13.8 Å². The second-order valence-corrected chi connectivity index (χ2v) is 6.08. The van der Waals surface area contributed by atoms with E-state index >= 15 is 0 Å². The van der Waals surface area contributed by atoms with E-state index < -0.39 is 20.4 Å². The highest BCUT2D eigenvalue weighted by Crippen LogP contribution is 2.24. The average Bonchev–Trinajstić information content (AvgIpc) is 2.18. The van der Waals surface area contributed by atoms with Gasteiger partial charge >= 0.3 is 0 Å². The highest BCUT2D eigenvalue weighted by molar-refractivity contribution is 7.93. The number of nitrogens with zero attached hydrogens (tertiary/aromatic N) is 1. The molecule has 80 valence electrons. The topological polar surface area (TPSA) is 57.9 Å². The molecular formula is C10H10FNO2S. The first-order valence-electron chi connectivity index (χ1n) is 4.23. The standard InChI is InChI=1S/C10H10FNO2S/c1-10(2,7-12)15(13,14)9-5-3-8(11)4-6-9/h3-6H,1-2H3. The number of rotatable bonds is 2. The van der Waals surface area contributed by atoms with Crippen molar-refractivity contribution in [2.45, 2.75) is 23.5 Å². The fraction of sp³-hybridized carbons (Fsp3) is 0.300. The SMILES string of the molecule is CC(C)(C#N)S(=O)(=O)c1ccc(F)cc1. The Morgan fingerprint density at radius 1 is 1.27 bits per heavy atom. The Hall–Kier alpha value is -1.41. The van der Waals surface area contributed by atoms with Crippen LogP contribution in [0.15, 0.2) is 29.2 Å². The van der Waals surface area contributed by atoms with Gasteiger partial charge in [-0.05, 0) is 38.1 Å². The monoisotopic (exact) mass is 227 g/mol. The third kappa shape index (κ3) is 2.00. The average molecular weight is 227 g/mol. The van der Waals surface area contributed by atoms with Crippen LogP contribution in [0.25, 0.3) is 0 Å². The molecule has 0 amide bonds. The van der Waals surface area contributed by atoms with E-state index in [0.717, 1.165) is 24.3 Å². The molecule has 0 aliphatic carbocycles. The summed E-state index contributed by atoms with van der Waals surface area (Å²) in [6, 6.07) is 6.14. The summed E-state index contributed by atoms with van der Waals surface area (Å²) in [5, 5.41) is 8.74. The van der Waals surface area contributed by atoms with Crippen molar-refractivity contribution in [1.29, 1.82) is 5.26 Å². The van der Waals surface area contributed by atoms with Crippen LogP contribution >= 0.6 is 0 Å². The summed E-state index contributed by atoms with van der Waals surface area (Å²) >= 11 is 0. The van der Waals surface area contributed by atoms with Crippen LogP contribution in [0.1, 0.15) is 13.8 Å². The first-order valence-corrected chi connectivity index (χ1v) is 5.71. The van der Waals surface area contributed by atoms with Crippen molar-refractivity contribution in [1.82, 2.24) is 0 Å². The summed E-state index contributed by atoms with van der Waals surface area (Å²) in [6.07, 6.45) is 0. The molecule has 1 aromatic rings. The zero-order valence-electron chi connectivity index (χ0n) is 8.36. The van der Waals surface area contributed by atoms with Gasteiger partial charge < -0.3 is 0 Å². The van der Waals surface area contributed by atoms with Crippen LogP contribution in [0.5, 0.6) is 0 Å². The fourth-order valence-corrected chi connectivity index (χ4v) is 2.17. The van der Waals surface area contributed by atoms with Gasteiger partial charge in [0.1, 0.15) is 5.82 Å². The molecule has 3 nitrogen and oxygen atoms in total. The second kappa shape index (κ2) is 3.63. The Kier molecular flexibility index (Phi) is 2.82. The molecule has 0 spiro atoms. The van der Waals surface area contributed by atoms with E-state index in [9.17, 15) is 12.8 Å². The quantitative estimate of drug-likeness (QED) is 0.725. The van der Waals surface area contributed by atoms with Crippen molar-refractivity contribution in [3.8, 4) is 6.07 Å². The zero-order chi connectivity index (χ0) is 11.7. The van der Waals surface area contributed by atoms with Gasteiger partial charge in [-0.1, -0.05) is 0 Å². The molecule has 15 heavy (non-hydrogen) atoms. The second-order valence-electron chi connectivity index (χ2n) is 3.58. The van der Waals surface area contributed by atoms with E-state index in [0.29, 0.717) is 0 Å². The summed E-state index contributed by atoms with van der Waals surface area (Å²) in [7, 11) is -3.73. The molecule has 5 heteroatoms. The van der Waals surface area contributed by atoms with Crippen molar-refractivity contribution in [3.05, 3.63) is 30.1 Å². The van der Waals surface area contributed by atoms with Crippen LogP contribution in [0.3, 0.4) is 0 Å². The van der Waals surface area contributed by atoms with E-state index in [1.807, 2.05) is 0 Å². The summed E-state index contributed by atoms with van der Waals surface area (Å²) in [4.78, 5) is -0.0459. The maximum absolute atomic E-state index is 12.6. The van der Waals surface area contributed by atoms with Crippen molar-refractivity contribution in [2.75, 3.05) is 0 Å². The predicted octanol–water partition coefficient (Wildman–Crippen LogP) is 1.90. The number of hydrogen-bond acceptors (Lipinski definition) is 3. The van der Waals surface area contributed by atoms with Crippen molar-refractivity contribution < 1.29 is 12.8 Å². The van der Waals surface area contributed by atoms with Gasteiger partial charge in [0.15, 0.2) is 14.6 Å². The van der Waals surface area contributed by atoms with Gasteiger partial charge in [0.05, 0.1) is 11.0 Å². The number of nitriles is 1. The van der Waals surface area contributed by atoms with Gasteiger partial charge in [-0.15, -0.1) is 0 Å². The molecule has 0 radical (unpaired) electrons. The molecule has 0 saturated heterocycles. The number of hydrogen-bond donors (Lipinski definition) is 0. The molecule has 0 aliphatic heterocycles. The van der Waals surface area contributed by atoms with Gasteiger partial charge in [-0.25, -0.2) is 12.8 Å². The molecule has 0 aromatic heterocycles. The van der Waals surface area contributed by atoms with E-state index in [2.05, 4.69) is 0 Å². The molecule has 0 fully saturated rings. The number of halogens is 1. The summed E-state index contributed by atoms with van der Waals surface area (Å²) in [5.74, 6) is -0.510. The Bertz CT molecular complexity index is 497. The van der Waals surface area contributed by atoms with Gasteiger partial charge in [0.2, 0.25) is 0 Å². The minimum absolute atomic E-state index is 0.0459. The largest absolute Gasteiger partial charge is 0.222 e. The van der Waals surface area contributed by atoms with Crippen molar-refractivity contribution in [2.24, 2.45) is 0 Å². The Balaban J connectivity index is 3.32. The van der Waals surface area contributed by atoms with Gasteiger partial charge in [-0.2, -0.15) is 5.26 Å². The zero-order valence-corrected chi connectivity index (χ0v) is 9.18. The van der Waals surface area contributed by atoms with Crippen LogP contribution in [-0.2, 0) is 9.84 Å². The Morgan fingerprint density at radius 2 is 1.73 bits per heavy atom. The smallest absolute Gasteiger partial charge is 0.196 e. The molecule has 0 heterocycles. The minimum atomic E-state index is -3.73. The lowest BCUT2D eigenvalue weighted by atomic mass is 10.2. The normalized spacial score (nSPS) is 12.1. The van der Waals surface area contributed by atoms with Crippen LogP contribution in [-0.4, -0.2) is 13.2 Å². The maximum atomic E-state index is 12.6.